The van der Waals surface area contributed by atoms with Crippen LogP contribution in [0.25, 0.3) is 22.2 Å². The van der Waals surface area contributed by atoms with Gasteiger partial charge in [-0.25, -0.2) is 4.98 Å². The second kappa shape index (κ2) is 4.90. The first-order chi connectivity index (χ1) is 9.65. The average Bonchev–Trinajstić information content (AvgIpc) is 2.75. The summed E-state index contributed by atoms with van der Waals surface area (Å²) >= 11 is 0. The fraction of sp³-hybridized carbons (Fsp3) is 0.214. The van der Waals surface area contributed by atoms with E-state index in [1.165, 1.54) is 0 Å². The van der Waals surface area contributed by atoms with E-state index in [2.05, 4.69) is 15.1 Å². The van der Waals surface area contributed by atoms with Crippen molar-refractivity contribution in [2.45, 2.75) is 19.6 Å². The van der Waals surface area contributed by atoms with Crippen molar-refractivity contribution in [3.63, 3.8) is 0 Å². The molecule has 3 aromatic heterocycles. The average molecular weight is 270 g/mol. The SMILES string of the molecule is CC(O)Cn1[nH]c(=O)c2cc(-c3ccncc3)cnc21. The molecule has 2 N–H and O–H groups in total. The maximum absolute atomic E-state index is 12.0. The summed E-state index contributed by atoms with van der Waals surface area (Å²) < 4.78 is 1.57. The lowest BCUT2D eigenvalue weighted by atomic mass is 10.1. The predicted molar refractivity (Wildman–Crippen MR) is 75.3 cm³/mol. The number of hydrogen-bond donors (Lipinski definition) is 2. The smallest absolute Gasteiger partial charge is 0.273 e. The van der Waals surface area contributed by atoms with Crippen molar-refractivity contribution in [3.05, 3.63) is 47.1 Å². The molecule has 0 saturated carbocycles. The number of aliphatic hydroxyl groups is 1. The van der Waals surface area contributed by atoms with Crippen LogP contribution in [0.3, 0.4) is 0 Å². The maximum atomic E-state index is 12.0. The number of nitrogens with zero attached hydrogens (tertiary/aromatic N) is 3. The van der Waals surface area contributed by atoms with E-state index in [1.54, 1.807) is 36.3 Å². The Morgan fingerprint density at radius 2 is 2.10 bits per heavy atom. The first-order valence-corrected chi connectivity index (χ1v) is 6.32. The number of pyridine rings is 2. The van der Waals surface area contributed by atoms with Crippen LogP contribution in [-0.4, -0.2) is 31.0 Å². The second-order valence-electron chi connectivity index (χ2n) is 4.73. The van der Waals surface area contributed by atoms with E-state index in [0.29, 0.717) is 17.6 Å². The summed E-state index contributed by atoms with van der Waals surface area (Å²) in [6, 6.07) is 5.53. The molecule has 20 heavy (non-hydrogen) atoms. The Balaban J connectivity index is 2.13. The maximum Gasteiger partial charge on any atom is 0.273 e. The number of fused-ring (bicyclic) bond motifs is 1. The summed E-state index contributed by atoms with van der Waals surface area (Å²) in [6.45, 7) is 1.97. The molecule has 0 amide bonds. The zero-order valence-corrected chi connectivity index (χ0v) is 10.9. The molecule has 1 atom stereocenters. The molecule has 0 bridgehead atoms. The number of hydrogen-bond acceptors (Lipinski definition) is 4. The summed E-state index contributed by atoms with van der Waals surface area (Å²) in [7, 11) is 0. The molecule has 3 aromatic rings. The topological polar surface area (TPSA) is 83.8 Å². The van der Waals surface area contributed by atoms with Gasteiger partial charge in [-0.05, 0) is 30.7 Å². The molecule has 102 valence electrons. The fourth-order valence-corrected chi connectivity index (χ4v) is 2.17. The van der Waals surface area contributed by atoms with Crippen molar-refractivity contribution in [2.75, 3.05) is 0 Å². The van der Waals surface area contributed by atoms with Crippen molar-refractivity contribution in [3.8, 4) is 11.1 Å². The number of rotatable bonds is 3. The van der Waals surface area contributed by atoms with Crippen LogP contribution in [0.2, 0.25) is 0 Å². The van der Waals surface area contributed by atoms with Gasteiger partial charge in [-0.2, -0.15) is 0 Å². The van der Waals surface area contributed by atoms with Gasteiger partial charge in [-0.3, -0.25) is 19.6 Å². The molecule has 3 rings (SSSR count). The minimum atomic E-state index is -0.553. The Labute approximate surface area is 114 Å². The summed E-state index contributed by atoms with van der Waals surface area (Å²) in [5.74, 6) is 0. The largest absolute Gasteiger partial charge is 0.391 e. The molecule has 0 aliphatic heterocycles. The molecule has 1 unspecified atom stereocenters. The molecule has 0 radical (unpaired) electrons. The van der Waals surface area contributed by atoms with E-state index in [4.69, 9.17) is 0 Å². The molecule has 3 heterocycles. The third-order valence-corrected chi connectivity index (χ3v) is 3.06. The van der Waals surface area contributed by atoms with Gasteiger partial charge in [0.1, 0.15) is 0 Å². The molecule has 0 aliphatic rings. The van der Waals surface area contributed by atoms with E-state index in [-0.39, 0.29) is 5.56 Å². The van der Waals surface area contributed by atoms with E-state index in [0.717, 1.165) is 11.1 Å². The normalized spacial score (nSPS) is 12.7. The highest BCUT2D eigenvalue weighted by molar-refractivity contribution is 5.80. The van der Waals surface area contributed by atoms with Crippen LogP contribution in [0, 0.1) is 0 Å². The van der Waals surface area contributed by atoms with Gasteiger partial charge in [0.25, 0.3) is 5.56 Å². The number of nitrogens with one attached hydrogen (secondary N) is 1. The van der Waals surface area contributed by atoms with Crippen LogP contribution in [-0.2, 0) is 6.54 Å². The van der Waals surface area contributed by atoms with Crippen molar-refractivity contribution < 1.29 is 5.11 Å². The Morgan fingerprint density at radius 1 is 1.35 bits per heavy atom. The second-order valence-corrected chi connectivity index (χ2v) is 4.73. The first-order valence-electron chi connectivity index (χ1n) is 6.32. The van der Waals surface area contributed by atoms with Gasteiger partial charge >= 0.3 is 0 Å². The number of aliphatic hydroxyl groups excluding tert-OH is 1. The van der Waals surface area contributed by atoms with Crippen LogP contribution in [0.5, 0.6) is 0 Å². The lowest BCUT2D eigenvalue weighted by Crippen LogP contribution is -2.15. The van der Waals surface area contributed by atoms with Crippen LogP contribution in [0.15, 0.2) is 41.6 Å². The first kappa shape index (κ1) is 12.6. The summed E-state index contributed by atoms with van der Waals surface area (Å²) in [4.78, 5) is 20.3. The molecule has 6 nitrogen and oxygen atoms in total. The third kappa shape index (κ3) is 2.21. The molecular weight excluding hydrogens is 256 g/mol. The number of aromatic nitrogens is 4. The van der Waals surface area contributed by atoms with Crippen molar-refractivity contribution >= 4 is 11.0 Å². The van der Waals surface area contributed by atoms with E-state index in [9.17, 15) is 9.90 Å². The van der Waals surface area contributed by atoms with Gasteiger partial charge in [-0.1, -0.05) is 0 Å². The van der Waals surface area contributed by atoms with Crippen LogP contribution in [0.1, 0.15) is 6.92 Å². The van der Waals surface area contributed by atoms with Crippen LogP contribution < -0.4 is 5.56 Å². The predicted octanol–water partition coefficient (Wildman–Crippen LogP) is 1.17. The third-order valence-electron chi connectivity index (χ3n) is 3.06. The minimum Gasteiger partial charge on any atom is -0.391 e. The molecular formula is C14H14N4O2. The van der Waals surface area contributed by atoms with Crippen LogP contribution in [0.4, 0.5) is 0 Å². The van der Waals surface area contributed by atoms with Crippen molar-refractivity contribution in [1.82, 2.24) is 19.7 Å². The highest BCUT2D eigenvalue weighted by Gasteiger charge is 2.11. The van der Waals surface area contributed by atoms with Gasteiger partial charge in [0.15, 0.2) is 5.65 Å². The summed E-state index contributed by atoms with van der Waals surface area (Å²) in [6.07, 6.45) is 4.55. The molecule has 6 heteroatoms. The van der Waals surface area contributed by atoms with E-state index < -0.39 is 6.10 Å². The molecule has 0 aliphatic carbocycles. The highest BCUT2D eigenvalue weighted by Crippen LogP contribution is 2.20. The highest BCUT2D eigenvalue weighted by atomic mass is 16.3. The number of aromatic amines is 1. The van der Waals surface area contributed by atoms with Gasteiger partial charge in [-0.15, -0.1) is 0 Å². The van der Waals surface area contributed by atoms with E-state index in [1.807, 2.05) is 12.1 Å². The fourth-order valence-electron chi connectivity index (χ4n) is 2.17. The number of H-pyrrole nitrogens is 1. The standard InChI is InChI=1S/C14H14N4O2/c1-9(19)8-18-13-12(14(20)17-18)6-11(7-16-13)10-2-4-15-5-3-10/h2-7,9,19H,8H2,1H3,(H,17,20). The van der Waals surface area contributed by atoms with Gasteiger partial charge < -0.3 is 5.11 Å². The van der Waals surface area contributed by atoms with Gasteiger partial charge in [0.05, 0.1) is 18.0 Å². The van der Waals surface area contributed by atoms with Crippen LogP contribution >= 0.6 is 0 Å². The zero-order chi connectivity index (χ0) is 14.1. The van der Waals surface area contributed by atoms with Crippen molar-refractivity contribution in [1.29, 1.82) is 0 Å². The van der Waals surface area contributed by atoms with E-state index >= 15 is 0 Å². The molecule has 0 saturated heterocycles. The van der Waals surface area contributed by atoms with Gasteiger partial charge in [0, 0.05) is 24.2 Å². The lowest BCUT2D eigenvalue weighted by Gasteiger charge is -2.06. The summed E-state index contributed by atoms with van der Waals surface area (Å²) in [5, 5.41) is 12.6. The Hall–Kier alpha value is -2.47. The lowest BCUT2D eigenvalue weighted by molar-refractivity contribution is 0.170. The monoisotopic (exact) mass is 270 g/mol. The van der Waals surface area contributed by atoms with Crippen molar-refractivity contribution in [2.24, 2.45) is 0 Å². The molecule has 0 spiro atoms. The molecule has 0 aromatic carbocycles. The summed E-state index contributed by atoms with van der Waals surface area (Å²) in [5.41, 5.74) is 2.16. The Kier molecular flexibility index (Phi) is 3.08. The molecule has 0 fully saturated rings. The van der Waals surface area contributed by atoms with Gasteiger partial charge in [0.2, 0.25) is 0 Å². The zero-order valence-electron chi connectivity index (χ0n) is 10.9. The quantitative estimate of drug-likeness (QED) is 0.748. The Bertz CT molecular complexity index is 790. The Morgan fingerprint density at radius 3 is 2.80 bits per heavy atom. The minimum absolute atomic E-state index is 0.205.